The van der Waals surface area contributed by atoms with E-state index in [-0.39, 0.29) is 17.5 Å². The summed E-state index contributed by atoms with van der Waals surface area (Å²) in [4.78, 5) is 28.5. The number of benzene rings is 3. The molecule has 5 heteroatoms. The van der Waals surface area contributed by atoms with Crippen LogP contribution in [0.15, 0.2) is 66.4 Å². The molecule has 3 aromatic carbocycles. The number of rotatable bonds is 5. The molecule has 1 aliphatic rings. The molecule has 1 aliphatic heterocycles. The van der Waals surface area contributed by atoms with Crippen LogP contribution < -0.4 is 15.0 Å². The number of hydrogen-bond donors (Lipinski definition) is 1. The number of aryl methyl sites for hydroxylation is 3. The van der Waals surface area contributed by atoms with E-state index in [0.717, 1.165) is 33.5 Å². The van der Waals surface area contributed by atoms with Crippen molar-refractivity contribution in [2.24, 2.45) is 0 Å². The smallest absolute Gasteiger partial charge is 0.282 e. The van der Waals surface area contributed by atoms with Crippen LogP contribution >= 0.6 is 0 Å². The zero-order valence-corrected chi connectivity index (χ0v) is 18.9. The molecule has 3 aromatic rings. The second kappa shape index (κ2) is 8.35. The number of nitrogens with one attached hydrogen (secondary N) is 1. The third-order valence-electron chi connectivity index (χ3n) is 5.91. The minimum atomic E-state index is -0.390. The molecule has 5 nitrogen and oxygen atoms in total. The number of amides is 2. The number of imide groups is 1. The third-order valence-corrected chi connectivity index (χ3v) is 5.91. The predicted octanol–water partition coefficient (Wildman–Crippen LogP) is 5.33. The minimum Gasteiger partial charge on any atom is -0.497 e. The van der Waals surface area contributed by atoms with Crippen LogP contribution in [-0.2, 0) is 9.59 Å². The first-order chi connectivity index (χ1) is 15.3. The molecular formula is C27H26N2O3. The third kappa shape index (κ3) is 3.66. The molecule has 0 radical (unpaired) electrons. The first-order valence-electron chi connectivity index (χ1n) is 10.5. The SMILES string of the molecule is COc1cccc(N2C(=O)C(Nc3cccc(C)c3C)=C(c3ccc(C)cc3C)C2=O)c1. The molecule has 0 aromatic heterocycles. The molecule has 1 N–H and O–H groups in total. The predicted molar refractivity (Wildman–Crippen MR) is 128 cm³/mol. The molecule has 0 bridgehead atoms. The lowest BCUT2D eigenvalue weighted by atomic mass is 9.97. The quantitative estimate of drug-likeness (QED) is 0.561. The highest BCUT2D eigenvalue weighted by atomic mass is 16.5. The standard InChI is InChI=1S/C27H26N2O3/c1-16-12-13-22(18(3)14-16)24-25(28-23-11-6-8-17(2)19(23)4)27(31)29(26(24)30)20-9-7-10-21(15-20)32-5/h6-15,28H,1-5H3. The number of methoxy groups -OCH3 is 1. The fourth-order valence-electron chi connectivity index (χ4n) is 3.99. The van der Waals surface area contributed by atoms with E-state index < -0.39 is 0 Å². The van der Waals surface area contributed by atoms with Crippen LogP contribution in [0.4, 0.5) is 11.4 Å². The van der Waals surface area contributed by atoms with Crippen molar-refractivity contribution < 1.29 is 14.3 Å². The van der Waals surface area contributed by atoms with Crippen molar-refractivity contribution in [1.82, 2.24) is 0 Å². The summed E-state index contributed by atoms with van der Waals surface area (Å²) in [5.41, 5.74) is 6.83. The lowest BCUT2D eigenvalue weighted by Crippen LogP contribution is -2.32. The van der Waals surface area contributed by atoms with E-state index in [0.29, 0.717) is 17.0 Å². The number of carbonyl (C=O) groups is 2. The van der Waals surface area contributed by atoms with E-state index >= 15 is 0 Å². The lowest BCUT2D eigenvalue weighted by Gasteiger charge is -2.17. The van der Waals surface area contributed by atoms with Gasteiger partial charge in [-0.05, 0) is 68.1 Å². The zero-order valence-electron chi connectivity index (χ0n) is 18.9. The van der Waals surface area contributed by atoms with Gasteiger partial charge in [0.25, 0.3) is 11.8 Å². The van der Waals surface area contributed by atoms with Gasteiger partial charge < -0.3 is 10.1 Å². The first-order valence-corrected chi connectivity index (χ1v) is 10.5. The molecular weight excluding hydrogens is 400 g/mol. The Hall–Kier alpha value is -3.86. The molecule has 162 valence electrons. The summed E-state index contributed by atoms with van der Waals surface area (Å²) >= 11 is 0. The summed E-state index contributed by atoms with van der Waals surface area (Å²) < 4.78 is 5.30. The maximum atomic E-state index is 13.7. The summed E-state index contributed by atoms with van der Waals surface area (Å²) in [6.07, 6.45) is 0. The van der Waals surface area contributed by atoms with Gasteiger partial charge in [0.1, 0.15) is 11.4 Å². The van der Waals surface area contributed by atoms with Crippen molar-refractivity contribution in [1.29, 1.82) is 0 Å². The fourth-order valence-corrected chi connectivity index (χ4v) is 3.99. The summed E-state index contributed by atoms with van der Waals surface area (Å²) in [6.45, 7) is 7.97. The Morgan fingerprint density at radius 1 is 0.812 bits per heavy atom. The van der Waals surface area contributed by atoms with Crippen LogP contribution in [0.25, 0.3) is 5.57 Å². The van der Waals surface area contributed by atoms with Crippen molar-refractivity contribution in [2.75, 3.05) is 17.3 Å². The van der Waals surface area contributed by atoms with Crippen molar-refractivity contribution in [3.63, 3.8) is 0 Å². The van der Waals surface area contributed by atoms with Gasteiger partial charge in [-0.25, -0.2) is 4.90 Å². The van der Waals surface area contributed by atoms with Gasteiger partial charge in [0.15, 0.2) is 0 Å². The maximum absolute atomic E-state index is 13.7. The van der Waals surface area contributed by atoms with E-state index in [9.17, 15) is 9.59 Å². The van der Waals surface area contributed by atoms with Crippen molar-refractivity contribution in [2.45, 2.75) is 27.7 Å². The molecule has 0 unspecified atom stereocenters. The molecule has 0 atom stereocenters. The Balaban J connectivity index is 1.88. The van der Waals surface area contributed by atoms with Gasteiger partial charge in [0.05, 0.1) is 18.4 Å². The number of ether oxygens (including phenoxy) is 1. The molecule has 4 rings (SSSR count). The summed E-state index contributed by atoms with van der Waals surface area (Å²) in [6, 6.07) is 18.7. The Labute approximate surface area is 188 Å². The summed E-state index contributed by atoms with van der Waals surface area (Å²) in [5, 5.41) is 3.29. The molecule has 0 spiro atoms. The highest BCUT2D eigenvalue weighted by molar-refractivity contribution is 6.46. The molecule has 0 fully saturated rings. The van der Waals surface area contributed by atoms with Gasteiger partial charge in [-0.15, -0.1) is 0 Å². The summed E-state index contributed by atoms with van der Waals surface area (Å²) in [7, 11) is 1.56. The van der Waals surface area contributed by atoms with E-state index in [4.69, 9.17) is 4.74 Å². The van der Waals surface area contributed by atoms with Crippen molar-refractivity contribution in [3.8, 4) is 5.75 Å². The monoisotopic (exact) mass is 426 g/mol. The maximum Gasteiger partial charge on any atom is 0.282 e. The van der Waals surface area contributed by atoms with Crippen LogP contribution in [0, 0.1) is 27.7 Å². The van der Waals surface area contributed by atoms with Crippen molar-refractivity contribution >= 4 is 28.8 Å². The molecule has 0 saturated heterocycles. The zero-order chi connectivity index (χ0) is 23.0. The molecule has 0 saturated carbocycles. The van der Waals surface area contributed by atoms with Gasteiger partial charge in [-0.1, -0.05) is 42.0 Å². The first kappa shape index (κ1) is 21.4. The number of carbonyl (C=O) groups excluding carboxylic acids is 2. The number of nitrogens with zero attached hydrogens (tertiary/aromatic N) is 1. The van der Waals surface area contributed by atoms with Gasteiger partial charge in [-0.3, -0.25) is 9.59 Å². The Morgan fingerprint density at radius 3 is 2.28 bits per heavy atom. The molecule has 1 heterocycles. The lowest BCUT2D eigenvalue weighted by molar-refractivity contribution is -0.120. The van der Waals surface area contributed by atoms with Crippen LogP contribution in [0.3, 0.4) is 0 Å². The second-order valence-corrected chi connectivity index (χ2v) is 8.09. The second-order valence-electron chi connectivity index (χ2n) is 8.09. The van der Waals surface area contributed by atoms with E-state index in [1.165, 1.54) is 4.90 Å². The number of anilines is 2. The highest BCUT2D eigenvalue weighted by Crippen LogP contribution is 2.36. The number of hydrogen-bond acceptors (Lipinski definition) is 4. The van der Waals surface area contributed by atoms with Gasteiger partial charge in [-0.2, -0.15) is 0 Å². The van der Waals surface area contributed by atoms with Crippen molar-refractivity contribution in [3.05, 3.63) is 94.2 Å². The minimum absolute atomic E-state index is 0.276. The Bertz CT molecular complexity index is 1270. The normalized spacial score (nSPS) is 13.7. The van der Waals surface area contributed by atoms with E-state index in [1.54, 1.807) is 31.4 Å². The van der Waals surface area contributed by atoms with E-state index in [2.05, 4.69) is 5.32 Å². The molecule has 2 amide bonds. The fraction of sp³-hybridized carbons (Fsp3) is 0.185. The Morgan fingerprint density at radius 2 is 1.56 bits per heavy atom. The highest BCUT2D eigenvalue weighted by Gasteiger charge is 2.41. The summed E-state index contributed by atoms with van der Waals surface area (Å²) in [5.74, 6) is -0.172. The van der Waals surface area contributed by atoms with Crippen LogP contribution in [0.5, 0.6) is 5.75 Å². The van der Waals surface area contributed by atoms with Gasteiger partial charge in [0, 0.05) is 11.8 Å². The van der Waals surface area contributed by atoms with Crippen LogP contribution in [0.1, 0.15) is 27.8 Å². The van der Waals surface area contributed by atoms with Crippen LogP contribution in [-0.4, -0.2) is 18.9 Å². The Kier molecular flexibility index (Phi) is 5.57. The average molecular weight is 427 g/mol. The molecule has 32 heavy (non-hydrogen) atoms. The largest absolute Gasteiger partial charge is 0.497 e. The van der Waals surface area contributed by atoms with E-state index in [1.807, 2.05) is 64.1 Å². The van der Waals surface area contributed by atoms with Crippen LogP contribution in [0.2, 0.25) is 0 Å². The topological polar surface area (TPSA) is 58.6 Å². The van der Waals surface area contributed by atoms with Gasteiger partial charge >= 0.3 is 0 Å². The molecule has 0 aliphatic carbocycles. The average Bonchev–Trinajstić information content (AvgIpc) is 3.01. The van der Waals surface area contributed by atoms with Gasteiger partial charge in [0.2, 0.25) is 0 Å².